The van der Waals surface area contributed by atoms with Gasteiger partial charge in [0.15, 0.2) is 5.69 Å². The third-order valence-electron chi connectivity index (χ3n) is 5.43. The molecule has 1 aromatic heterocycles. The summed E-state index contributed by atoms with van der Waals surface area (Å²) in [7, 11) is 0. The third-order valence-corrected chi connectivity index (χ3v) is 5.43. The monoisotopic (exact) mass is 421 g/mol. The molecule has 0 unspecified atom stereocenters. The SMILES string of the molecule is Cc1ccccc1-n1nc(C(=O)Nc2ccc(F)cc2)cc1-c1ccc2ccccc2c1. The molecule has 156 valence electrons. The molecular formula is C27H20FN3O. The minimum Gasteiger partial charge on any atom is -0.321 e. The lowest BCUT2D eigenvalue weighted by Crippen LogP contribution is -2.13. The van der Waals surface area contributed by atoms with Crippen molar-refractivity contribution in [3.05, 3.63) is 114 Å². The lowest BCUT2D eigenvalue weighted by Gasteiger charge is -2.11. The first kappa shape index (κ1) is 19.7. The second-order valence-electron chi connectivity index (χ2n) is 7.64. The van der Waals surface area contributed by atoms with E-state index in [9.17, 15) is 9.18 Å². The van der Waals surface area contributed by atoms with Gasteiger partial charge in [0.1, 0.15) is 5.82 Å². The summed E-state index contributed by atoms with van der Waals surface area (Å²) in [5.74, 6) is -0.712. The Labute approximate surface area is 184 Å². The maximum absolute atomic E-state index is 13.2. The Morgan fingerprint density at radius 2 is 1.56 bits per heavy atom. The van der Waals surface area contributed by atoms with Crippen LogP contribution in [0.3, 0.4) is 0 Å². The van der Waals surface area contributed by atoms with E-state index in [0.29, 0.717) is 5.69 Å². The van der Waals surface area contributed by atoms with Crippen LogP contribution in [0.25, 0.3) is 27.7 Å². The van der Waals surface area contributed by atoms with Crippen LogP contribution in [0.5, 0.6) is 0 Å². The number of hydrogen-bond donors (Lipinski definition) is 1. The summed E-state index contributed by atoms with van der Waals surface area (Å²) in [6.07, 6.45) is 0. The maximum atomic E-state index is 13.2. The zero-order chi connectivity index (χ0) is 22.1. The Morgan fingerprint density at radius 1 is 0.844 bits per heavy atom. The van der Waals surface area contributed by atoms with Crippen molar-refractivity contribution < 1.29 is 9.18 Å². The van der Waals surface area contributed by atoms with Gasteiger partial charge in [0.05, 0.1) is 11.4 Å². The van der Waals surface area contributed by atoms with E-state index in [0.717, 1.165) is 33.3 Å². The molecule has 1 amide bonds. The molecule has 1 N–H and O–H groups in total. The molecule has 0 aliphatic rings. The molecule has 5 rings (SSSR count). The number of carbonyl (C=O) groups excluding carboxylic acids is 1. The lowest BCUT2D eigenvalue weighted by atomic mass is 10.0. The number of aromatic nitrogens is 2. The van der Waals surface area contributed by atoms with Crippen LogP contribution in [0.2, 0.25) is 0 Å². The van der Waals surface area contributed by atoms with Crippen molar-refractivity contribution in [1.29, 1.82) is 0 Å². The molecule has 5 aromatic rings. The van der Waals surface area contributed by atoms with E-state index in [2.05, 4.69) is 34.7 Å². The molecule has 0 fully saturated rings. The first-order valence-electron chi connectivity index (χ1n) is 10.3. The van der Waals surface area contributed by atoms with Gasteiger partial charge in [-0.05, 0) is 65.7 Å². The minimum absolute atomic E-state index is 0.278. The number of aryl methyl sites for hydroxylation is 1. The van der Waals surface area contributed by atoms with Gasteiger partial charge in [-0.2, -0.15) is 5.10 Å². The van der Waals surface area contributed by atoms with E-state index in [1.807, 2.05) is 49.4 Å². The Balaban J connectivity index is 1.61. The number of anilines is 1. The Hall–Kier alpha value is -4.25. The molecule has 0 aliphatic heterocycles. The predicted molar refractivity (Wildman–Crippen MR) is 126 cm³/mol. The molecule has 0 saturated heterocycles. The van der Waals surface area contributed by atoms with Crippen molar-refractivity contribution in [2.75, 3.05) is 5.32 Å². The van der Waals surface area contributed by atoms with Crippen molar-refractivity contribution in [3.8, 4) is 16.9 Å². The van der Waals surface area contributed by atoms with Gasteiger partial charge in [-0.15, -0.1) is 0 Å². The summed E-state index contributed by atoms with van der Waals surface area (Å²) < 4.78 is 15.0. The zero-order valence-electron chi connectivity index (χ0n) is 17.4. The number of rotatable bonds is 4. The molecule has 4 nitrogen and oxygen atoms in total. The largest absolute Gasteiger partial charge is 0.321 e. The van der Waals surface area contributed by atoms with Crippen LogP contribution >= 0.6 is 0 Å². The fraction of sp³-hybridized carbons (Fsp3) is 0.0370. The molecule has 0 atom stereocenters. The van der Waals surface area contributed by atoms with Crippen LogP contribution in [-0.2, 0) is 0 Å². The van der Waals surface area contributed by atoms with E-state index in [-0.39, 0.29) is 17.4 Å². The van der Waals surface area contributed by atoms with Gasteiger partial charge < -0.3 is 5.32 Å². The summed E-state index contributed by atoms with van der Waals surface area (Å²) >= 11 is 0. The van der Waals surface area contributed by atoms with Crippen molar-refractivity contribution in [2.24, 2.45) is 0 Å². The highest BCUT2D eigenvalue weighted by molar-refractivity contribution is 6.03. The number of hydrogen-bond acceptors (Lipinski definition) is 2. The molecular weight excluding hydrogens is 401 g/mol. The van der Waals surface area contributed by atoms with Gasteiger partial charge in [-0.3, -0.25) is 4.79 Å². The van der Waals surface area contributed by atoms with E-state index in [4.69, 9.17) is 0 Å². The number of para-hydroxylation sites is 1. The predicted octanol–water partition coefficient (Wildman–Crippen LogP) is 6.39. The van der Waals surface area contributed by atoms with E-state index in [1.165, 1.54) is 24.3 Å². The molecule has 0 aliphatic carbocycles. The lowest BCUT2D eigenvalue weighted by molar-refractivity contribution is 0.102. The highest BCUT2D eigenvalue weighted by Crippen LogP contribution is 2.29. The average Bonchev–Trinajstić information content (AvgIpc) is 3.26. The normalized spacial score (nSPS) is 10.9. The van der Waals surface area contributed by atoms with Crippen molar-refractivity contribution in [2.45, 2.75) is 6.92 Å². The molecule has 0 bridgehead atoms. The number of carbonyl (C=O) groups is 1. The van der Waals surface area contributed by atoms with Crippen molar-refractivity contribution >= 4 is 22.4 Å². The fourth-order valence-corrected chi connectivity index (χ4v) is 3.76. The number of nitrogens with zero attached hydrogens (tertiary/aromatic N) is 2. The molecule has 1 heterocycles. The van der Waals surface area contributed by atoms with Crippen LogP contribution < -0.4 is 5.32 Å². The van der Waals surface area contributed by atoms with Gasteiger partial charge in [-0.1, -0.05) is 54.6 Å². The van der Waals surface area contributed by atoms with Crippen LogP contribution in [-0.4, -0.2) is 15.7 Å². The molecule has 0 spiro atoms. The van der Waals surface area contributed by atoms with Crippen molar-refractivity contribution in [1.82, 2.24) is 9.78 Å². The maximum Gasteiger partial charge on any atom is 0.276 e. The summed E-state index contributed by atoms with van der Waals surface area (Å²) in [6, 6.07) is 29.7. The second-order valence-corrected chi connectivity index (χ2v) is 7.64. The van der Waals surface area contributed by atoms with Gasteiger partial charge in [-0.25, -0.2) is 9.07 Å². The van der Waals surface area contributed by atoms with Crippen LogP contribution in [0.15, 0.2) is 97.1 Å². The summed E-state index contributed by atoms with van der Waals surface area (Å²) in [5, 5.41) is 9.69. The number of fused-ring (bicyclic) bond motifs is 1. The number of nitrogens with one attached hydrogen (secondary N) is 1. The van der Waals surface area contributed by atoms with E-state index in [1.54, 1.807) is 10.7 Å². The Morgan fingerprint density at radius 3 is 2.34 bits per heavy atom. The van der Waals surface area contributed by atoms with Gasteiger partial charge in [0, 0.05) is 11.3 Å². The van der Waals surface area contributed by atoms with Gasteiger partial charge >= 0.3 is 0 Å². The topological polar surface area (TPSA) is 46.9 Å². The first-order chi connectivity index (χ1) is 15.6. The van der Waals surface area contributed by atoms with Gasteiger partial charge in [0.25, 0.3) is 5.91 Å². The first-order valence-corrected chi connectivity index (χ1v) is 10.3. The smallest absolute Gasteiger partial charge is 0.276 e. The summed E-state index contributed by atoms with van der Waals surface area (Å²) in [6.45, 7) is 2.01. The summed E-state index contributed by atoms with van der Waals surface area (Å²) in [4.78, 5) is 12.9. The van der Waals surface area contributed by atoms with Crippen molar-refractivity contribution in [3.63, 3.8) is 0 Å². The number of amides is 1. The second kappa shape index (κ2) is 8.12. The van der Waals surface area contributed by atoms with E-state index >= 15 is 0 Å². The van der Waals surface area contributed by atoms with Crippen LogP contribution in [0.4, 0.5) is 10.1 Å². The molecule has 0 saturated carbocycles. The number of halogens is 1. The molecule has 5 heteroatoms. The molecule has 4 aromatic carbocycles. The van der Waals surface area contributed by atoms with Crippen LogP contribution in [0.1, 0.15) is 16.1 Å². The zero-order valence-corrected chi connectivity index (χ0v) is 17.4. The molecule has 0 radical (unpaired) electrons. The standard InChI is InChI=1S/C27H20FN3O/c1-18-6-2-5-9-25(18)31-26(21-11-10-19-7-3-4-8-20(19)16-21)17-24(30-31)27(32)29-23-14-12-22(28)13-15-23/h2-17H,1H3,(H,29,32). The third kappa shape index (κ3) is 3.76. The Bertz CT molecular complexity index is 1440. The minimum atomic E-state index is -0.356. The highest BCUT2D eigenvalue weighted by atomic mass is 19.1. The van der Waals surface area contributed by atoms with Crippen LogP contribution in [0, 0.1) is 12.7 Å². The quantitative estimate of drug-likeness (QED) is 0.365. The van der Waals surface area contributed by atoms with Gasteiger partial charge in [0.2, 0.25) is 0 Å². The average molecular weight is 421 g/mol. The highest BCUT2D eigenvalue weighted by Gasteiger charge is 2.18. The fourth-order valence-electron chi connectivity index (χ4n) is 3.76. The Kier molecular flexibility index (Phi) is 5.00. The number of benzene rings is 4. The molecule has 32 heavy (non-hydrogen) atoms. The summed E-state index contributed by atoms with van der Waals surface area (Å²) in [5.41, 5.74) is 4.50. The van der Waals surface area contributed by atoms with E-state index < -0.39 is 0 Å².